The van der Waals surface area contributed by atoms with Gasteiger partial charge in [-0.05, 0) is 19.4 Å². The van der Waals surface area contributed by atoms with Crippen LogP contribution in [-0.4, -0.2) is 35.8 Å². The minimum absolute atomic E-state index is 0.0145. The average molecular weight is 237 g/mol. The molecule has 17 heavy (non-hydrogen) atoms. The molecule has 0 aliphatic carbocycles. The lowest BCUT2D eigenvalue weighted by Gasteiger charge is -2.19. The van der Waals surface area contributed by atoms with Gasteiger partial charge in [-0.1, -0.05) is 30.3 Å². The fourth-order valence-electron chi connectivity index (χ4n) is 1.49. The summed E-state index contributed by atoms with van der Waals surface area (Å²) in [4.78, 5) is 13.1. The molecule has 1 amide bonds. The van der Waals surface area contributed by atoms with Gasteiger partial charge in [0.2, 0.25) is 0 Å². The van der Waals surface area contributed by atoms with E-state index < -0.39 is 6.10 Å². The fourth-order valence-corrected chi connectivity index (χ4v) is 1.49. The van der Waals surface area contributed by atoms with Gasteiger partial charge in [0.1, 0.15) is 12.7 Å². The van der Waals surface area contributed by atoms with Crippen molar-refractivity contribution in [2.75, 3.05) is 19.7 Å². The monoisotopic (exact) mass is 237 g/mol. The summed E-state index contributed by atoms with van der Waals surface area (Å²) in [6.07, 6.45) is -1.15. The van der Waals surface area contributed by atoms with Crippen LogP contribution in [0.3, 0.4) is 0 Å². The van der Waals surface area contributed by atoms with Gasteiger partial charge in [0.05, 0.1) is 0 Å². The highest BCUT2D eigenvalue weighted by molar-refractivity contribution is 5.67. The maximum Gasteiger partial charge on any atom is 0.409 e. The highest BCUT2D eigenvalue weighted by Gasteiger charge is 2.14. The third-order valence-corrected chi connectivity index (χ3v) is 2.57. The zero-order valence-electron chi connectivity index (χ0n) is 10.3. The lowest BCUT2D eigenvalue weighted by atomic mass is 10.1. The summed E-state index contributed by atoms with van der Waals surface area (Å²) < 4.78 is 5.04. The molecule has 1 unspecified atom stereocenters. The first-order chi connectivity index (χ1) is 8.19. The molecule has 1 aromatic carbocycles. The number of ether oxygens (including phenoxy) is 1. The van der Waals surface area contributed by atoms with Crippen molar-refractivity contribution in [3.05, 3.63) is 35.9 Å². The van der Waals surface area contributed by atoms with Crippen molar-refractivity contribution < 1.29 is 14.6 Å². The third kappa shape index (κ3) is 4.07. The van der Waals surface area contributed by atoms with E-state index in [1.807, 2.05) is 32.0 Å². The maximum atomic E-state index is 11.5. The summed E-state index contributed by atoms with van der Waals surface area (Å²) in [6.45, 7) is 4.98. The van der Waals surface area contributed by atoms with Crippen molar-refractivity contribution in [2.24, 2.45) is 0 Å². The smallest absolute Gasteiger partial charge is 0.409 e. The highest BCUT2D eigenvalue weighted by atomic mass is 16.6. The van der Waals surface area contributed by atoms with Gasteiger partial charge in [-0.3, -0.25) is 0 Å². The van der Waals surface area contributed by atoms with E-state index in [1.54, 1.807) is 17.0 Å². The normalized spacial score (nSPS) is 11.9. The first-order valence-corrected chi connectivity index (χ1v) is 5.83. The summed E-state index contributed by atoms with van der Waals surface area (Å²) in [5.41, 5.74) is 0.750. The Morgan fingerprint density at radius 2 is 1.88 bits per heavy atom. The Bertz CT molecular complexity index is 336. The number of benzene rings is 1. The molecule has 0 heterocycles. The number of nitrogens with zero attached hydrogens (tertiary/aromatic N) is 1. The SMILES string of the molecule is CCN(CC)C(=O)OCC(O)c1ccccc1. The molecule has 0 spiro atoms. The second-order valence-corrected chi connectivity index (χ2v) is 3.68. The van der Waals surface area contributed by atoms with E-state index in [9.17, 15) is 9.90 Å². The van der Waals surface area contributed by atoms with E-state index in [0.29, 0.717) is 13.1 Å². The van der Waals surface area contributed by atoms with Gasteiger partial charge in [-0.2, -0.15) is 0 Å². The Morgan fingerprint density at radius 3 is 2.41 bits per heavy atom. The second kappa shape index (κ2) is 6.91. The van der Waals surface area contributed by atoms with Crippen LogP contribution in [-0.2, 0) is 4.74 Å². The van der Waals surface area contributed by atoms with Crippen LogP contribution in [0.25, 0.3) is 0 Å². The molecule has 0 bridgehead atoms. The molecular weight excluding hydrogens is 218 g/mol. The number of amides is 1. The van der Waals surface area contributed by atoms with Crippen LogP contribution in [0, 0.1) is 0 Å². The lowest BCUT2D eigenvalue weighted by molar-refractivity contribution is 0.0489. The molecule has 1 N–H and O–H groups in total. The first kappa shape index (κ1) is 13.5. The lowest BCUT2D eigenvalue weighted by Crippen LogP contribution is -2.32. The zero-order chi connectivity index (χ0) is 12.7. The van der Waals surface area contributed by atoms with Crippen LogP contribution in [0.15, 0.2) is 30.3 Å². The number of hydrogen-bond donors (Lipinski definition) is 1. The van der Waals surface area contributed by atoms with Crippen LogP contribution in [0.2, 0.25) is 0 Å². The quantitative estimate of drug-likeness (QED) is 0.854. The standard InChI is InChI=1S/C13H19NO3/c1-3-14(4-2)13(16)17-10-12(15)11-8-6-5-7-9-11/h5-9,12,15H,3-4,10H2,1-2H3. The van der Waals surface area contributed by atoms with Crippen molar-refractivity contribution in [3.8, 4) is 0 Å². The Labute approximate surface area is 102 Å². The topological polar surface area (TPSA) is 49.8 Å². The number of carbonyl (C=O) groups excluding carboxylic acids is 1. The Balaban J connectivity index is 2.43. The molecule has 4 heteroatoms. The van der Waals surface area contributed by atoms with E-state index in [2.05, 4.69) is 0 Å². The summed E-state index contributed by atoms with van der Waals surface area (Å²) in [6, 6.07) is 9.15. The predicted octanol–water partition coefficient (Wildman–Crippen LogP) is 2.20. The highest BCUT2D eigenvalue weighted by Crippen LogP contribution is 2.12. The predicted molar refractivity (Wildman–Crippen MR) is 65.7 cm³/mol. The van der Waals surface area contributed by atoms with Crippen molar-refractivity contribution in [3.63, 3.8) is 0 Å². The van der Waals surface area contributed by atoms with Gasteiger partial charge in [0.25, 0.3) is 0 Å². The first-order valence-electron chi connectivity index (χ1n) is 5.83. The summed E-state index contributed by atoms with van der Waals surface area (Å²) >= 11 is 0. The molecule has 0 aliphatic heterocycles. The van der Waals surface area contributed by atoms with Crippen LogP contribution in [0.4, 0.5) is 4.79 Å². The Kier molecular flexibility index (Phi) is 5.49. The van der Waals surface area contributed by atoms with E-state index in [0.717, 1.165) is 5.56 Å². The second-order valence-electron chi connectivity index (χ2n) is 3.68. The van der Waals surface area contributed by atoms with Crippen molar-refractivity contribution in [1.82, 2.24) is 4.90 Å². The van der Waals surface area contributed by atoms with E-state index in [1.165, 1.54) is 0 Å². The van der Waals surface area contributed by atoms with Crippen molar-refractivity contribution in [1.29, 1.82) is 0 Å². The minimum Gasteiger partial charge on any atom is -0.446 e. The molecule has 1 rings (SSSR count). The third-order valence-electron chi connectivity index (χ3n) is 2.57. The van der Waals surface area contributed by atoms with Gasteiger partial charge >= 0.3 is 6.09 Å². The van der Waals surface area contributed by atoms with Gasteiger partial charge in [0, 0.05) is 13.1 Å². The molecule has 0 radical (unpaired) electrons. The molecule has 0 fully saturated rings. The van der Waals surface area contributed by atoms with Gasteiger partial charge < -0.3 is 14.7 Å². The Morgan fingerprint density at radius 1 is 1.29 bits per heavy atom. The summed E-state index contributed by atoms with van der Waals surface area (Å²) in [5, 5.41) is 9.80. The molecule has 0 aliphatic rings. The van der Waals surface area contributed by atoms with E-state index in [4.69, 9.17) is 4.74 Å². The van der Waals surface area contributed by atoms with Gasteiger partial charge in [0.15, 0.2) is 0 Å². The number of aliphatic hydroxyl groups excluding tert-OH is 1. The zero-order valence-corrected chi connectivity index (χ0v) is 10.3. The molecule has 0 aromatic heterocycles. The molecule has 0 saturated carbocycles. The number of aliphatic hydroxyl groups is 1. The molecule has 94 valence electrons. The van der Waals surface area contributed by atoms with Crippen molar-refractivity contribution in [2.45, 2.75) is 20.0 Å². The molecule has 0 saturated heterocycles. The minimum atomic E-state index is -0.768. The molecule has 1 atom stereocenters. The van der Waals surface area contributed by atoms with Crippen LogP contribution in [0.5, 0.6) is 0 Å². The molecular formula is C13H19NO3. The van der Waals surface area contributed by atoms with Crippen LogP contribution in [0.1, 0.15) is 25.5 Å². The van der Waals surface area contributed by atoms with Gasteiger partial charge in [-0.25, -0.2) is 4.79 Å². The number of carbonyl (C=O) groups is 1. The van der Waals surface area contributed by atoms with Crippen LogP contribution < -0.4 is 0 Å². The van der Waals surface area contributed by atoms with E-state index in [-0.39, 0.29) is 12.7 Å². The summed E-state index contributed by atoms with van der Waals surface area (Å²) in [5.74, 6) is 0. The van der Waals surface area contributed by atoms with E-state index >= 15 is 0 Å². The van der Waals surface area contributed by atoms with Gasteiger partial charge in [-0.15, -0.1) is 0 Å². The largest absolute Gasteiger partial charge is 0.446 e. The number of rotatable bonds is 5. The Hall–Kier alpha value is -1.55. The maximum absolute atomic E-state index is 11.5. The van der Waals surface area contributed by atoms with Crippen LogP contribution >= 0.6 is 0 Å². The number of hydrogen-bond acceptors (Lipinski definition) is 3. The molecule has 1 aromatic rings. The van der Waals surface area contributed by atoms with Crippen molar-refractivity contribution >= 4 is 6.09 Å². The molecule has 4 nitrogen and oxygen atoms in total. The summed E-state index contributed by atoms with van der Waals surface area (Å²) in [7, 11) is 0. The average Bonchev–Trinajstić information content (AvgIpc) is 2.38. The fraction of sp³-hybridized carbons (Fsp3) is 0.462.